The quantitative estimate of drug-likeness (QED) is 0.742. The van der Waals surface area contributed by atoms with Gasteiger partial charge < -0.3 is 5.73 Å². The molecule has 2 N–H and O–H groups in total. The van der Waals surface area contributed by atoms with Gasteiger partial charge in [0.2, 0.25) is 0 Å². The predicted octanol–water partition coefficient (Wildman–Crippen LogP) is 4.63. The number of benzene rings is 2. The third kappa shape index (κ3) is 3.78. The molecule has 0 fully saturated rings. The SMILES string of the molecule is NC(=O)N(Cc1ccccc1Cl)c1cccc(-c2ccccc2F)n1. The van der Waals surface area contributed by atoms with Gasteiger partial charge in [0.1, 0.15) is 11.6 Å². The van der Waals surface area contributed by atoms with E-state index >= 15 is 0 Å². The molecule has 1 heterocycles. The average Bonchev–Trinajstić information content (AvgIpc) is 2.61. The zero-order chi connectivity index (χ0) is 17.8. The van der Waals surface area contributed by atoms with Crippen molar-refractivity contribution in [3.05, 3.63) is 83.1 Å². The number of amides is 2. The normalized spacial score (nSPS) is 10.5. The molecule has 1 aromatic heterocycles. The molecule has 126 valence electrons. The third-order valence-corrected chi connectivity index (χ3v) is 4.08. The lowest BCUT2D eigenvalue weighted by atomic mass is 10.1. The van der Waals surface area contributed by atoms with Gasteiger partial charge in [0, 0.05) is 10.6 Å². The van der Waals surface area contributed by atoms with Gasteiger partial charge >= 0.3 is 6.03 Å². The van der Waals surface area contributed by atoms with Crippen LogP contribution in [0.25, 0.3) is 11.3 Å². The lowest BCUT2D eigenvalue weighted by Gasteiger charge is -2.20. The fourth-order valence-electron chi connectivity index (χ4n) is 2.46. The van der Waals surface area contributed by atoms with Crippen LogP contribution in [0.5, 0.6) is 0 Å². The van der Waals surface area contributed by atoms with Crippen LogP contribution in [0, 0.1) is 5.82 Å². The molecule has 2 aromatic carbocycles. The maximum Gasteiger partial charge on any atom is 0.320 e. The highest BCUT2D eigenvalue weighted by atomic mass is 35.5. The summed E-state index contributed by atoms with van der Waals surface area (Å²) in [6.07, 6.45) is 0. The van der Waals surface area contributed by atoms with Crippen molar-refractivity contribution in [3.63, 3.8) is 0 Å². The predicted molar refractivity (Wildman–Crippen MR) is 96.8 cm³/mol. The van der Waals surface area contributed by atoms with Crippen molar-refractivity contribution >= 4 is 23.4 Å². The largest absolute Gasteiger partial charge is 0.351 e. The first kappa shape index (κ1) is 16.9. The van der Waals surface area contributed by atoms with E-state index in [-0.39, 0.29) is 12.4 Å². The Morgan fingerprint density at radius 1 is 1.04 bits per heavy atom. The van der Waals surface area contributed by atoms with Crippen molar-refractivity contribution in [1.82, 2.24) is 4.98 Å². The molecular weight excluding hydrogens is 341 g/mol. The van der Waals surface area contributed by atoms with Crippen LogP contribution in [0.1, 0.15) is 5.56 Å². The number of primary amides is 1. The first-order valence-corrected chi connectivity index (χ1v) is 7.96. The maximum absolute atomic E-state index is 14.0. The van der Waals surface area contributed by atoms with Crippen molar-refractivity contribution in [2.75, 3.05) is 4.90 Å². The molecule has 6 heteroatoms. The summed E-state index contributed by atoms with van der Waals surface area (Å²) in [5.74, 6) is -0.0583. The third-order valence-electron chi connectivity index (χ3n) is 3.71. The van der Waals surface area contributed by atoms with E-state index in [1.165, 1.54) is 11.0 Å². The molecule has 0 saturated carbocycles. The van der Waals surface area contributed by atoms with Gasteiger partial charge in [-0.3, -0.25) is 4.90 Å². The van der Waals surface area contributed by atoms with Crippen molar-refractivity contribution in [2.45, 2.75) is 6.54 Å². The highest BCUT2D eigenvalue weighted by Gasteiger charge is 2.17. The molecule has 0 atom stereocenters. The Balaban J connectivity index is 1.98. The molecule has 0 aliphatic rings. The van der Waals surface area contributed by atoms with Crippen molar-refractivity contribution in [1.29, 1.82) is 0 Å². The Bertz CT molecular complexity index is 916. The van der Waals surface area contributed by atoms with E-state index in [0.29, 0.717) is 22.1 Å². The second-order valence-electron chi connectivity index (χ2n) is 5.38. The minimum atomic E-state index is -0.668. The number of nitrogens with two attached hydrogens (primary N) is 1. The summed E-state index contributed by atoms with van der Waals surface area (Å²) in [5, 5.41) is 0.527. The van der Waals surface area contributed by atoms with Gasteiger partial charge in [-0.15, -0.1) is 0 Å². The Morgan fingerprint density at radius 3 is 2.48 bits per heavy atom. The van der Waals surface area contributed by atoms with Crippen LogP contribution >= 0.6 is 11.6 Å². The summed E-state index contributed by atoms with van der Waals surface area (Å²) in [4.78, 5) is 17.6. The summed E-state index contributed by atoms with van der Waals surface area (Å²) in [6.45, 7) is 0.169. The van der Waals surface area contributed by atoms with Crippen LogP contribution in [0.2, 0.25) is 5.02 Å². The van der Waals surface area contributed by atoms with Gasteiger partial charge in [-0.05, 0) is 35.9 Å². The molecular formula is C19H15ClFN3O. The second-order valence-corrected chi connectivity index (χ2v) is 5.78. The van der Waals surface area contributed by atoms with E-state index in [9.17, 15) is 9.18 Å². The molecule has 0 radical (unpaired) electrons. The lowest BCUT2D eigenvalue weighted by molar-refractivity contribution is 0.253. The van der Waals surface area contributed by atoms with Crippen molar-refractivity contribution in [2.24, 2.45) is 5.73 Å². The van der Waals surface area contributed by atoms with E-state index in [0.717, 1.165) is 5.56 Å². The van der Waals surface area contributed by atoms with Gasteiger partial charge in [-0.25, -0.2) is 14.2 Å². The molecule has 2 amide bonds. The Hall–Kier alpha value is -2.92. The zero-order valence-electron chi connectivity index (χ0n) is 13.2. The fourth-order valence-corrected chi connectivity index (χ4v) is 2.66. The van der Waals surface area contributed by atoms with Gasteiger partial charge in [-0.2, -0.15) is 0 Å². The van der Waals surface area contributed by atoms with Crippen LogP contribution in [-0.4, -0.2) is 11.0 Å². The average molecular weight is 356 g/mol. The van der Waals surface area contributed by atoms with Crippen LogP contribution in [0.3, 0.4) is 0 Å². The Morgan fingerprint density at radius 2 is 1.76 bits per heavy atom. The molecule has 3 aromatic rings. The standard InChI is InChI=1S/C19H15ClFN3O/c20-15-8-3-1-6-13(15)12-24(19(22)25)18-11-5-10-17(23-18)14-7-2-4-9-16(14)21/h1-11H,12H2,(H2,22,25). The summed E-state index contributed by atoms with van der Waals surface area (Å²) in [6, 6.07) is 17.8. The highest BCUT2D eigenvalue weighted by Crippen LogP contribution is 2.25. The molecule has 0 aliphatic heterocycles. The van der Waals surface area contributed by atoms with Crippen LogP contribution in [-0.2, 0) is 6.54 Å². The zero-order valence-corrected chi connectivity index (χ0v) is 13.9. The number of anilines is 1. The number of carbonyl (C=O) groups excluding carboxylic acids is 1. The number of urea groups is 1. The minimum Gasteiger partial charge on any atom is -0.351 e. The van der Waals surface area contributed by atoms with E-state index < -0.39 is 6.03 Å². The van der Waals surface area contributed by atoms with Crippen molar-refractivity contribution in [3.8, 4) is 11.3 Å². The Kier molecular flexibility index (Phi) is 4.95. The molecule has 0 spiro atoms. The number of halogens is 2. The Labute approximate surface area is 149 Å². The second kappa shape index (κ2) is 7.32. The lowest BCUT2D eigenvalue weighted by Crippen LogP contribution is -2.36. The molecule has 0 bridgehead atoms. The number of carbonyl (C=O) groups is 1. The summed E-state index contributed by atoms with van der Waals surface area (Å²) in [5.41, 5.74) is 7.02. The number of pyridine rings is 1. The van der Waals surface area contributed by atoms with Crippen LogP contribution in [0.4, 0.5) is 15.0 Å². The fraction of sp³-hybridized carbons (Fsp3) is 0.0526. The molecule has 3 rings (SSSR count). The summed E-state index contributed by atoms with van der Waals surface area (Å²) in [7, 11) is 0. The van der Waals surface area contributed by atoms with Gasteiger partial charge in [0.15, 0.2) is 0 Å². The smallest absolute Gasteiger partial charge is 0.320 e. The van der Waals surface area contributed by atoms with Gasteiger partial charge in [-0.1, -0.05) is 48.0 Å². The van der Waals surface area contributed by atoms with E-state index in [1.54, 1.807) is 54.6 Å². The first-order valence-electron chi connectivity index (χ1n) is 7.58. The number of nitrogens with zero attached hydrogens (tertiary/aromatic N) is 2. The highest BCUT2D eigenvalue weighted by molar-refractivity contribution is 6.31. The number of aromatic nitrogens is 1. The summed E-state index contributed by atoms with van der Waals surface area (Å²) >= 11 is 6.16. The first-order chi connectivity index (χ1) is 12.1. The summed E-state index contributed by atoms with van der Waals surface area (Å²) < 4.78 is 14.0. The van der Waals surface area contributed by atoms with E-state index in [2.05, 4.69) is 4.98 Å². The van der Waals surface area contributed by atoms with Crippen LogP contribution < -0.4 is 10.6 Å². The van der Waals surface area contributed by atoms with Gasteiger partial charge in [0.25, 0.3) is 0 Å². The maximum atomic E-state index is 14.0. The monoisotopic (exact) mass is 355 g/mol. The molecule has 0 unspecified atom stereocenters. The number of hydrogen-bond donors (Lipinski definition) is 1. The topological polar surface area (TPSA) is 59.2 Å². The van der Waals surface area contributed by atoms with Gasteiger partial charge in [0.05, 0.1) is 12.2 Å². The number of hydrogen-bond acceptors (Lipinski definition) is 2. The number of rotatable bonds is 4. The molecule has 4 nitrogen and oxygen atoms in total. The van der Waals surface area contributed by atoms with E-state index in [4.69, 9.17) is 17.3 Å². The minimum absolute atomic E-state index is 0.169. The van der Waals surface area contributed by atoms with E-state index in [1.807, 2.05) is 6.07 Å². The van der Waals surface area contributed by atoms with Crippen LogP contribution in [0.15, 0.2) is 66.7 Å². The van der Waals surface area contributed by atoms with Crippen molar-refractivity contribution < 1.29 is 9.18 Å². The molecule has 25 heavy (non-hydrogen) atoms. The molecule has 0 saturated heterocycles. The molecule has 0 aliphatic carbocycles.